The molecule has 0 spiro atoms. The number of benzene rings is 1. The van der Waals surface area contributed by atoms with Gasteiger partial charge in [0.15, 0.2) is 11.5 Å². The number of rotatable bonds is 3. The summed E-state index contributed by atoms with van der Waals surface area (Å²) in [7, 11) is 0. The van der Waals surface area contributed by atoms with Crippen LogP contribution in [-0.2, 0) is 5.60 Å². The van der Waals surface area contributed by atoms with Gasteiger partial charge in [0.25, 0.3) is 0 Å². The van der Waals surface area contributed by atoms with E-state index in [4.69, 9.17) is 0 Å². The summed E-state index contributed by atoms with van der Waals surface area (Å²) >= 11 is 0. The number of ether oxygens (including phenoxy) is 2. The molecular formula is C18H18F2N2O3. The zero-order valence-electron chi connectivity index (χ0n) is 13.5. The number of hydrogen-bond acceptors (Lipinski definition) is 5. The lowest BCUT2D eigenvalue weighted by Gasteiger charge is -2.39. The second-order valence-corrected chi connectivity index (χ2v) is 6.56. The highest BCUT2D eigenvalue weighted by Gasteiger charge is 2.46. The predicted octanol–water partition coefficient (Wildman–Crippen LogP) is 3.61. The van der Waals surface area contributed by atoms with Crippen LogP contribution in [0.3, 0.4) is 0 Å². The summed E-state index contributed by atoms with van der Waals surface area (Å²) in [6.45, 7) is 0. The molecule has 1 aliphatic heterocycles. The molecule has 0 radical (unpaired) electrons. The van der Waals surface area contributed by atoms with E-state index in [1.54, 1.807) is 18.5 Å². The number of alkyl halides is 2. The first-order chi connectivity index (χ1) is 12.0. The molecule has 132 valence electrons. The molecule has 1 aromatic heterocycles. The van der Waals surface area contributed by atoms with E-state index >= 15 is 0 Å². The highest BCUT2D eigenvalue weighted by atomic mass is 19.3. The van der Waals surface area contributed by atoms with E-state index in [0.29, 0.717) is 11.1 Å². The maximum Gasteiger partial charge on any atom is 0.586 e. The molecule has 1 aromatic carbocycles. The van der Waals surface area contributed by atoms with Gasteiger partial charge in [-0.05, 0) is 36.5 Å². The Morgan fingerprint density at radius 2 is 1.68 bits per heavy atom. The number of halogens is 2. The van der Waals surface area contributed by atoms with E-state index in [1.807, 2.05) is 0 Å². The van der Waals surface area contributed by atoms with Crippen LogP contribution in [0.2, 0.25) is 0 Å². The molecule has 1 saturated carbocycles. The van der Waals surface area contributed by atoms with Crippen molar-refractivity contribution in [3.63, 3.8) is 0 Å². The average molecular weight is 348 g/mol. The molecule has 0 saturated heterocycles. The first-order valence-electron chi connectivity index (χ1n) is 8.37. The minimum Gasteiger partial charge on any atom is -0.395 e. The molecule has 2 heterocycles. The molecule has 1 fully saturated rings. The fourth-order valence-electron chi connectivity index (χ4n) is 3.84. The lowest BCUT2D eigenvalue weighted by molar-refractivity contribution is -0.286. The smallest absolute Gasteiger partial charge is 0.395 e. The molecule has 2 aliphatic rings. The maximum absolute atomic E-state index is 13.3. The molecule has 1 aliphatic carbocycles. The largest absolute Gasteiger partial charge is 0.586 e. The number of aromatic nitrogens is 2. The highest BCUT2D eigenvalue weighted by molar-refractivity contribution is 5.49. The van der Waals surface area contributed by atoms with Crippen LogP contribution in [0.1, 0.15) is 43.2 Å². The summed E-state index contributed by atoms with van der Waals surface area (Å²) < 4.78 is 35.6. The van der Waals surface area contributed by atoms with Crippen molar-refractivity contribution in [2.75, 3.05) is 0 Å². The van der Waals surface area contributed by atoms with Gasteiger partial charge in [0, 0.05) is 18.0 Å². The topological polar surface area (TPSA) is 64.5 Å². The van der Waals surface area contributed by atoms with Crippen LogP contribution in [0, 0.1) is 5.92 Å². The van der Waals surface area contributed by atoms with E-state index in [0.717, 1.165) is 32.1 Å². The SMILES string of the molecule is OC(c1cncnc1)(c1ccc2c(c1)OC(F)(F)O2)C1CCCCC1. The van der Waals surface area contributed by atoms with Crippen LogP contribution in [0.5, 0.6) is 11.5 Å². The fraction of sp³-hybridized carbons (Fsp3) is 0.444. The molecule has 0 amide bonds. The van der Waals surface area contributed by atoms with E-state index in [-0.39, 0.29) is 17.4 Å². The van der Waals surface area contributed by atoms with Crippen molar-refractivity contribution in [1.82, 2.24) is 9.97 Å². The normalized spacial score (nSPS) is 21.7. The first kappa shape index (κ1) is 16.2. The summed E-state index contributed by atoms with van der Waals surface area (Å²) in [5.74, 6) is -0.161. The summed E-state index contributed by atoms with van der Waals surface area (Å²) in [6, 6.07) is 4.44. The monoisotopic (exact) mass is 348 g/mol. The standard InChI is InChI=1S/C18H18F2N2O3/c19-18(20)24-15-7-6-13(8-16(15)25-18)17(23,12-4-2-1-3-5-12)14-9-21-11-22-10-14/h6-12,23H,1-5H2. The lowest BCUT2D eigenvalue weighted by atomic mass is 9.70. The van der Waals surface area contributed by atoms with Gasteiger partial charge >= 0.3 is 6.29 Å². The van der Waals surface area contributed by atoms with Crippen LogP contribution in [0.25, 0.3) is 0 Å². The summed E-state index contributed by atoms with van der Waals surface area (Å²) in [5, 5.41) is 11.7. The van der Waals surface area contributed by atoms with Gasteiger partial charge in [-0.15, -0.1) is 8.78 Å². The molecule has 4 rings (SSSR count). The molecule has 1 N–H and O–H groups in total. The number of fused-ring (bicyclic) bond motifs is 1. The van der Waals surface area contributed by atoms with Crippen molar-refractivity contribution in [2.45, 2.75) is 44.0 Å². The molecule has 1 unspecified atom stereocenters. The Hall–Kier alpha value is -2.28. The van der Waals surface area contributed by atoms with Crippen LogP contribution >= 0.6 is 0 Å². The molecular weight excluding hydrogens is 330 g/mol. The quantitative estimate of drug-likeness (QED) is 0.918. The van der Waals surface area contributed by atoms with Gasteiger partial charge in [0.1, 0.15) is 11.9 Å². The van der Waals surface area contributed by atoms with Gasteiger partial charge < -0.3 is 14.6 Å². The third kappa shape index (κ3) is 2.82. The second-order valence-electron chi connectivity index (χ2n) is 6.56. The Labute approximate surface area is 143 Å². The van der Waals surface area contributed by atoms with Gasteiger partial charge in [-0.3, -0.25) is 0 Å². The number of hydrogen-bond donors (Lipinski definition) is 1. The van der Waals surface area contributed by atoms with Gasteiger partial charge in [-0.25, -0.2) is 9.97 Å². The Morgan fingerprint density at radius 1 is 1.00 bits per heavy atom. The van der Waals surface area contributed by atoms with Crippen molar-refractivity contribution in [1.29, 1.82) is 0 Å². The van der Waals surface area contributed by atoms with Gasteiger partial charge in [-0.1, -0.05) is 25.3 Å². The van der Waals surface area contributed by atoms with Crippen LogP contribution in [0.15, 0.2) is 36.9 Å². The van der Waals surface area contributed by atoms with Crippen LogP contribution in [-0.4, -0.2) is 21.4 Å². The molecule has 5 nitrogen and oxygen atoms in total. The Bertz CT molecular complexity index is 766. The zero-order valence-corrected chi connectivity index (χ0v) is 13.5. The Morgan fingerprint density at radius 3 is 2.40 bits per heavy atom. The summed E-state index contributed by atoms with van der Waals surface area (Å²) in [6.07, 6.45) is 5.70. The Balaban J connectivity index is 1.79. The van der Waals surface area contributed by atoms with Gasteiger partial charge in [-0.2, -0.15) is 0 Å². The van der Waals surface area contributed by atoms with Crippen molar-refractivity contribution in [2.24, 2.45) is 5.92 Å². The van der Waals surface area contributed by atoms with E-state index in [9.17, 15) is 13.9 Å². The van der Waals surface area contributed by atoms with Crippen LogP contribution < -0.4 is 9.47 Å². The fourth-order valence-corrected chi connectivity index (χ4v) is 3.84. The van der Waals surface area contributed by atoms with E-state index < -0.39 is 11.9 Å². The average Bonchev–Trinajstić information content (AvgIpc) is 2.95. The van der Waals surface area contributed by atoms with Gasteiger partial charge in [0.2, 0.25) is 0 Å². The van der Waals surface area contributed by atoms with Crippen molar-refractivity contribution in [3.05, 3.63) is 48.0 Å². The summed E-state index contributed by atoms with van der Waals surface area (Å²) in [4.78, 5) is 8.04. The van der Waals surface area contributed by atoms with Crippen LogP contribution in [0.4, 0.5) is 8.78 Å². The Kier molecular flexibility index (Phi) is 3.83. The second kappa shape index (κ2) is 5.91. The molecule has 25 heavy (non-hydrogen) atoms. The van der Waals surface area contributed by atoms with Gasteiger partial charge in [0.05, 0.1) is 0 Å². The summed E-state index contributed by atoms with van der Waals surface area (Å²) in [5.41, 5.74) is -0.334. The van der Waals surface area contributed by atoms with E-state index in [1.165, 1.54) is 18.5 Å². The lowest BCUT2D eigenvalue weighted by Crippen LogP contribution is -2.38. The predicted molar refractivity (Wildman–Crippen MR) is 84.3 cm³/mol. The number of nitrogens with zero attached hydrogens (tertiary/aromatic N) is 2. The van der Waals surface area contributed by atoms with Crippen molar-refractivity contribution in [3.8, 4) is 11.5 Å². The third-order valence-electron chi connectivity index (χ3n) is 5.04. The zero-order chi connectivity index (χ0) is 17.5. The first-order valence-corrected chi connectivity index (χ1v) is 8.37. The minimum atomic E-state index is -3.68. The van der Waals surface area contributed by atoms with E-state index in [2.05, 4.69) is 19.4 Å². The van der Waals surface area contributed by atoms with Crippen molar-refractivity contribution >= 4 is 0 Å². The minimum absolute atomic E-state index is 0.0379. The number of aliphatic hydroxyl groups is 1. The third-order valence-corrected chi connectivity index (χ3v) is 5.04. The highest BCUT2D eigenvalue weighted by Crippen LogP contribution is 2.48. The molecule has 1 atom stereocenters. The molecule has 7 heteroatoms. The maximum atomic E-state index is 13.3. The molecule has 0 bridgehead atoms. The van der Waals surface area contributed by atoms with Crippen molar-refractivity contribution < 1.29 is 23.4 Å². The molecule has 2 aromatic rings.